The molecule has 5 rings (SSSR count). The Morgan fingerprint density at radius 1 is 1.23 bits per heavy atom. The van der Waals surface area contributed by atoms with E-state index in [4.69, 9.17) is 9.72 Å². The highest BCUT2D eigenvalue weighted by molar-refractivity contribution is 7.91. The highest BCUT2D eigenvalue weighted by Crippen LogP contribution is 2.33. The van der Waals surface area contributed by atoms with Crippen LogP contribution in [0.25, 0.3) is 22.3 Å². The zero-order valence-corrected chi connectivity index (χ0v) is 18.3. The summed E-state index contributed by atoms with van der Waals surface area (Å²) >= 11 is 0. The van der Waals surface area contributed by atoms with E-state index in [0.29, 0.717) is 40.2 Å². The first-order valence-corrected chi connectivity index (χ1v) is 12.2. The number of methoxy groups -OCH3 is 1. The Balaban J connectivity index is 1.70. The number of fused-ring (bicyclic) bond motifs is 1. The molecule has 1 saturated carbocycles. The number of hydrogen-bond acceptors (Lipinski definition) is 6. The fraction of sp³-hybridized carbons (Fsp3) is 0.409. The summed E-state index contributed by atoms with van der Waals surface area (Å²) in [6, 6.07) is 9.22. The largest absolute Gasteiger partial charge is 0.497 e. The molecule has 1 saturated heterocycles. The van der Waals surface area contributed by atoms with Gasteiger partial charge in [0.15, 0.2) is 15.5 Å². The number of benzene rings is 1. The number of aromatic nitrogens is 3. The standard InChI is InChI=1S/C22H24N4O4S/c1-13-20-18(22(27)23-15-6-7-15)11-19(14-4-3-5-17(10-14)30-2)24-21(20)26(25-13)16-8-9-31(28,29)12-16/h3-5,10-11,15-16H,6-9,12H2,1-2H3,(H,23,27)/t16-/m0/s1. The van der Waals surface area contributed by atoms with Crippen molar-refractivity contribution in [1.82, 2.24) is 20.1 Å². The number of nitrogens with one attached hydrogen (secondary N) is 1. The van der Waals surface area contributed by atoms with Gasteiger partial charge >= 0.3 is 0 Å². The summed E-state index contributed by atoms with van der Waals surface area (Å²) < 4.78 is 31.2. The Morgan fingerprint density at radius 2 is 2.03 bits per heavy atom. The van der Waals surface area contributed by atoms with Crippen LogP contribution in [-0.2, 0) is 9.84 Å². The van der Waals surface area contributed by atoms with Gasteiger partial charge < -0.3 is 10.1 Å². The zero-order valence-electron chi connectivity index (χ0n) is 17.5. The molecule has 0 bridgehead atoms. The summed E-state index contributed by atoms with van der Waals surface area (Å²) in [6.45, 7) is 1.84. The second-order valence-electron chi connectivity index (χ2n) is 8.32. The monoisotopic (exact) mass is 440 g/mol. The van der Waals surface area contributed by atoms with Crippen LogP contribution in [0.5, 0.6) is 5.75 Å². The highest BCUT2D eigenvalue weighted by Gasteiger charge is 2.33. The van der Waals surface area contributed by atoms with E-state index in [2.05, 4.69) is 10.4 Å². The summed E-state index contributed by atoms with van der Waals surface area (Å²) in [5.74, 6) is 0.719. The maximum atomic E-state index is 13.1. The molecule has 2 fully saturated rings. The quantitative estimate of drug-likeness (QED) is 0.654. The summed E-state index contributed by atoms with van der Waals surface area (Å²) in [6.07, 6.45) is 2.47. The number of hydrogen-bond donors (Lipinski definition) is 1. The molecule has 31 heavy (non-hydrogen) atoms. The molecular weight excluding hydrogens is 416 g/mol. The number of amides is 1. The number of sulfone groups is 1. The maximum absolute atomic E-state index is 13.1. The molecule has 1 amide bonds. The number of rotatable bonds is 5. The van der Waals surface area contributed by atoms with Gasteiger partial charge in [0.1, 0.15) is 5.75 Å². The molecule has 1 aliphatic carbocycles. The van der Waals surface area contributed by atoms with Gasteiger partial charge in [0.05, 0.1) is 47.0 Å². The third-order valence-corrected chi connectivity index (χ3v) is 7.66. The van der Waals surface area contributed by atoms with E-state index >= 15 is 0 Å². The number of nitrogens with zero attached hydrogens (tertiary/aromatic N) is 3. The summed E-state index contributed by atoms with van der Waals surface area (Å²) in [5.41, 5.74) is 3.16. The number of carbonyl (C=O) groups excluding carboxylic acids is 1. The van der Waals surface area contributed by atoms with Crippen LogP contribution in [0.1, 0.15) is 41.4 Å². The fourth-order valence-electron chi connectivity index (χ4n) is 4.14. The lowest BCUT2D eigenvalue weighted by Gasteiger charge is -2.12. The van der Waals surface area contributed by atoms with Crippen LogP contribution in [0.2, 0.25) is 0 Å². The van der Waals surface area contributed by atoms with Crippen LogP contribution in [0, 0.1) is 6.92 Å². The van der Waals surface area contributed by atoms with Gasteiger partial charge in [-0.2, -0.15) is 5.10 Å². The molecule has 1 aliphatic heterocycles. The molecule has 3 aromatic rings. The van der Waals surface area contributed by atoms with Crippen LogP contribution < -0.4 is 10.1 Å². The van der Waals surface area contributed by atoms with Crippen LogP contribution in [0.15, 0.2) is 30.3 Å². The minimum absolute atomic E-state index is 0.0396. The molecule has 1 atom stereocenters. The van der Waals surface area contributed by atoms with E-state index < -0.39 is 9.84 Å². The van der Waals surface area contributed by atoms with Gasteiger partial charge in [-0.05, 0) is 44.4 Å². The lowest BCUT2D eigenvalue weighted by atomic mass is 10.0. The zero-order chi connectivity index (χ0) is 21.8. The molecule has 9 heteroatoms. The normalized spacial score (nSPS) is 20.1. The molecular formula is C22H24N4O4S. The Labute approximate surface area is 180 Å². The molecule has 1 aromatic carbocycles. The van der Waals surface area contributed by atoms with Crippen LogP contribution in [0.3, 0.4) is 0 Å². The van der Waals surface area contributed by atoms with Crippen molar-refractivity contribution < 1.29 is 17.9 Å². The summed E-state index contributed by atoms with van der Waals surface area (Å²) in [4.78, 5) is 17.9. The van der Waals surface area contributed by atoms with E-state index in [9.17, 15) is 13.2 Å². The van der Waals surface area contributed by atoms with E-state index in [0.717, 1.165) is 18.4 Å². The molecule has 0 unspecified atom stereocenters. The minimum atomic E-state index is -3.09. The lowest BCUT2D eigenvalue weighted by Crippen LogP contribution is -2.25. The van der Waals surface area contributed by atoms with Crippen molar-refractivity contribution in [3.63, 3.8) is 0 Å². The van der Waals surface area contributed by atoms with Crippen LogP contribution in [0.4, 0.5) is 0 Å². The van der Waals surface area contributed by atoms with Gasteiger partial charge in [0.2, 0.25) is 0 Å². The summed E-state index contributed by atoms with van der Waals surface area (Å²) in [5, 5.41) is 8.36. The predicted octanol–water partition coefficient (Wildman–Crippen LogP) is 2.67. The van der Waals surface area contributed by atoms with E-state index in [1.54, 1.807) is 17.9 Å². The van der Waals surface area contributed by atoms with Crippen molar-refractivity contribution in [2.45, 2.75) is 38.3 Å². The fourth-order valence-corrected chi connectivity index (χ4v) is 5.83. The van der Waals surface area contributed by atoms with Gasteiger partial charge in [0, 0.05) is 11.6 Å². The van der Waals surface area contributed by atoms with Gasteiger partial charge in [-0.25, -0.2) is 18.1 Å². The van der Waals surface area contributed by atoms with E-state index in [1.807, 2.05) is 31.2 Å². The molecule has 0 radical (unpaired) electrons. The third kappa shape index (κ3) is 3.78. The van der Waals surface area contributed by atoms with Crippen molar-refractivity contribution >= 4 is 26.8 Å². The van der Waals surface area contributed by atoms with Crippen molar-refractivity contribution in [3.05, 3.63) is 41.6 Å². The molecule has 1 N–H and O–H groups in total. The average Bonchev–Trinajstić information content (AvgIpc) is 3.41. The Kier molecular flexibility index (Phi) is 4.73. The number of carbonyl (C=O) groups is 1. The van der Waals surface area contributed by atoms with Crippen molar-refractivity contribution in [2.75, 3.05) is 18.6 Å². The molecule has 8 nitrogen and oxygen atoms in total. The minimum Gasteiger partial charge on any atom is -0.497 e. The lowest BCUT2D eigenvalue weighted by molar-refractivity contribution is 0.0952. The van der Waals surface area contributed by atoms with Crippen molar-refractivity contribution in [2.24, 2.45) is 0 Å². The number of pyridine rings is 1. The van der Waals surface area contributed by atoms with Gasteiger partial charge in [-0.3, -0.25) is 4.79 Å². The second kappa shape index (κ2) is 7.33. The molecule has 3 heterocycles. The molecule has 0 spiro atoms. The smallest absolute Gasteiger partial charge is 0.252 e. The predicted molar refractivity (Wildman–Crippen MR) is 117 cm³/mol. The number of ether oxygens (including phenoxy) is 1. The first-order valence-electron chi connectivity index (χ1n) is 10.4. The van der Waals surface area contributed by atoms with Gasteiger partial charge in [0.25, 0.3) is 5.91 Å². The van der Waals surface area contributed by atoms with E-state index in [1.165, 1.54) is 0 Å². The van der Waals surface area contributed by atoms with E-state index in [-0.39, 0.29) is 29.5 Å². The first kappa shape index (κ1) is 20.0. The van der Waals surface area contributed by atoms with Crippen LogP contribution >= 0.6 is 0 Å². The molecule has 162 valence electrons. The summed E-state index contributed by atoms with van der Waals surface area (Å²) in [7, 11) is -1.49. The van der Waals surface area contributed by atoms with Gasteiger partial charge in [-0.1, -0.05) is 12.1 Å². The maximum Gasteiger partial charge on any atom is 0.252 e. The SMILES string of the molecule is COc1cccc(-c2cc(C(=O)NC3CC3)c3c(C)nn([C@H]4CCS(=O)(=O)C4)c3n2)c1. The Hall–Kier alpha value is -2.94. The third-order valence-electron chi connectivity index (χ3n) is 5.91. The first-order chi connectivity index (χ1) is 14.8. The Bertz CT molecular complexity index is 1290. The highest BCUT2D eigenvalue weighted by atomic mass is 32.2. The average molecular weight is 441 g/mol. The second-order valence-corrected chi connectivity index (χ2v) is 10.5. The Morgan fingerprint density at radius 3 is 2.71 bits per heavy atom. The van der Waals surface area contributed by atoms with Crippen molar-refractivity contribution in [1.29, 1.82) is 0 Å². The number of aryl methyl sites for hydroxylation is 1. The van der Waals surface area contributed by atoms with Crippen LogP contribution in [-0.4, -0.2) is 53.7 Å². The topological polar surface area (TPSA) is 103 Å². The molecule has 2 aliphatic rings. The van der Waals surface area contributed by atoms with Gasteiger partial charge in [-0.15, -0.1) is 0 Å². The van der Waals surface area contributed by atoms with Crippen molar-refractivity contribution in [3.8, 4) is 17.0 Å². The molecule has 2 aromatic heterocycles.